The summed E-state index contributed by atoms with van der Waals surface area (Å²) in [5, 5.41) is 0.381. The molecular weight excluding hydrogens is 257 g/mol. The molecule has 0 atom stereocenters. The van der Waals surface area contributed by atoms with Crippen LogP contribution in [0.4, 0.5) is 10.1 Å². The van der Waals surface area contributed by atoms with Gasteiger partial charge in [-0.2, -0.15) is 0 Å². The van der Waals surface area contributed by atoms with Crippen molar-refractivity contribution < 1.29 is 4.39 Å². The van der Waals surface area contributed by atoms with E-state index in [4.69, 9.17) is 5.73 Å². The molecule has 0 bridgehead atoms. The highest BCUT2D eigenvalue weighted by Gasteiger charge is 2.12. The smallest absolute Gasteiger partial charge is 0.266 e. The van der Waals surface area contributed by atoms with Gasteiger partial charge in [0.2, 0.25) is 0 Å². The van der Waals surface area contributed by atoms with Crippen LogP contribution < -0.4 is 11.3 Å². The lowest BCUT2D eigenvalue weighted by Gasteiger charge is -2.11. The highest BCUT2D eigenvalue weighted by atomic mass is 19.1. The first-order valence-electron chi connectivity index (χ1n) is 6.13. The van der Waals surface area contributed by atoms with E-state index in [9.17, 15) is 9.18 Å². The van der Waals surface area contributed by atoms with Gasteiger partial charge in [-0.1, -0.05) is 18.2 Å². The molecule has 3 rings (SSSR count). The molecule has 0 saturated heterocycles. The first-order chi connectivity index (χ1) is 9.70. The number of rotatable bonds is 2. The van der Waals surface area contributed by atoms with Crippen LogP contribution in [-0.4, -0.2) is 9.55 Å². The van der Waals surface area contributed by atoms with E-state index in [1.807, 2.05) is 6.07 Å². The Balaban J connectivity index is 2.41. The first kappa shape index (κ1) is 12.3. The number of aromatic nitrogens is 2. The average molecular weight is 269 g/mol. The zero-order valence-electron chi connectivity index (χ0n) is 10.6. The van der Waals surface area contributed by atoms with Crippen LogP contribution in [0.1, 0.15) is 5.82 Å². The summed E-state index contributed by atoms with van der Waals surface area (Å²) in [6.07, 6.45) is 0. The summed E-state index contributed by atoms with van der Waals surface area (Å²) in [6, 6.07) is 13.7. The minimum absolute atomic E-state index is 0.0819. The van der Waals surface area contributed by atoms with Gasteiger partial charge in [0.05, 0.1) is 16.6 Å². The maximum Gasteiger partial charge on any atom is 0.266 e. The number of nitrogens with two attached hydrogens (primary N) is 1. The van der Waals surface area contributed by atoms with Crippen LogP contribution in [0.3, 0.4) is 0 Å². The molecule has 2 aromatic carbocycles. The van der Waals surface area contributed by atoms with E-state index < -0.39 is 6.67 Å². The van der Waals surface area contributed by atoms with E-state index in [1.54, 1.807) is 42.5 Å². The summed E-state index contributed by atoms with van der Waals surface area (Å²) < 4.78 is 14.5. The van der Waals surface area contributed by atoms with Gasteiger partial charge in [-0.3, -0.25) is 9.36 Å². The highest BCUT2D eigenvalue weighted by molar-refractivity contribution is 5.81. The van der Waals surface area contributed by atoms with E-state index in [0.717, 1.165) is 0 Å². The Morgan fingerprint density at radius 1 is 1.15 bits per heavy atom. The lowest BCUT2D eigenvalue weighted by atomic mass is 10.2. The molecule has 4 nitrogen and oxygen atoms in total. The molecular formula is C15H12FN3O. The Labute approximate surface area is 114 Å². The number of nitrogens with zero attached hydrogens (tertiary/aromatic N) is 2. The quantitative estimate of drug-likeness (QED) is 0.727. The zero-order chi connectivity index (χ0) is 14.1. The minimum Gasteiger partial charge on any atom is -0.399 e. The van der Waals surface area contributed by atoms with E-state index in [1.165, 1.54) is 4.57 Å². The minimum atomic E-state index is -0.815. The van der Waals surface area contributed by atoms with Crippen LogP contribution in [0.5, 0.6) is 0 Å². The molecule has 1 aromatic heterocycles. The summed E-state index contributed by atoms with van der Waals surface area (Å²) in [4.78, 5) is 16.8. The van der Waals surface area contributed by atoms with Gasteiger partial charge in [0.15, 0.2) is 0 Å². The molecule has 100 valence electrons. The molecule has 0 aliphatic rings. The molecule has 0 amide bonds. The number of halogens is 1. The fraction of sp³-hybridized carbons (Fsp3) is 0.0667. The van der Waals surface area contributed by atoms with E-state index in [0.29, 0.717) is 22.3 Å². The topological polar surface area (TPSA) is 60.9 Å². The molecule has 2 N–H and O–H groups in total. The van der Waals surface area contributed by atoms with Crippen molar-refractivity contribution in [3.63, 3.8) is 0 Å². The predicted octanol–water partition coefficient (Wildman–Crippen LogP) is 2.44. The van der Waals surface area contributed by atoms with Crippen LogP contribution in [0.2, 0.25) is 0 Å². The Bertz CT molecular complexity index is 828. The Kier molecular flexibility index (Phi) is 2.95. The van der Waals surface area contributed by atoms with Crippen molar-refractivity contribution in [3.05, 3.63) is 64.7 Å². The Morgan fingerprint density at radius 3 is 2.60 bits per heavy atom. The third kappa shape index (κ3) is 1.93. The standard InChI is InChI=1S/C15H12FN3O/c16-9-14-18-13-7-6-10(17)8-12(13)15(20)19(14)11-4-2-1-3-5-11/h1-8H,9,17H2. The van der Waals surface area contributed by atoms with Crippen molar-refractivity contribution >= 4 is 16.6 Å². The van der Waals surface area contributed by atoms with Gasteiger partial charge in [-0.15, -0.1) is 0 Å². The number of alkyl halides is 1. The molecule has 0 radical (unpaired) electrons. The lowest BCUT2D eigenvalue weighted by Crippen LogP contribution is -2.23. The molecule has 1 heterocycles. The third-order valence-corrected chi connectivity index (χ3v) is 3.10. The van der Waals surface area contributed by atoms with Gasteiger partial charge in [-0.05, 0) is 30.3 Å². The predicted molar refractivity (Wildman–Crippen MR) is 76.6 cm³/mol. The molecule has 0 aliphatic carbocycles. The summed E-state index contributed by atoms with van der Waals surface area (Å²) in [5.41, 5.74) is 6.89. The van der Waals surface area contributed by atoms with Crippen LogP contribution in [0.25, 0.3) is 16.6 Å². The van der Waals surface area contributed by atoms with Crippen LogP contribution >= 0.6 is 0 Å². The van der Waals surface area contributed by atoms with E-state index in [2.05, 4.69) is 4.98 Å². The van der Waals surface area contributed by atoms with Crippen molar-refractivity contribution in [2.45, 2.75) is 6.67 Å². The van der Waals surface area contributed by atoms with Gasteiger partial charge < -0.3 is 5.73 Å². The average Bonchev–Trinajstić information content (AvgIpc) is 2.48. The van der Waals surface area contributed by atoms with Crippen molar-refractivity contribution in [1.29, 1.82) is 0 Å². The van der Waals surface area contributed by atoms with Crippen molar-refractivity contribution in [2.24, 2.45) is 0 Å². The molecule has 0 spiro atoms. The fourth-order valence-electron chi connectivity index (χ4n) is 2.18. The van der Waals surface area contributed by atoms with Crippen molar-refractivity contribution in [2.75, 3.05) is 5.73 Å². The maximum absolute atomic E-state index is 13.2. The maximum atomic E-state index is 13.2. The molecule has 0 aliphatic heterocycles. The molecule has 0 saturated carbocycles. The molecule has 5 heteroatoms. The van der Waals surface area contributed by atoms with Crippen LogP contribution in [-0.2, 0) is 6.67 Å². The first-order valence-corrected chi connectivity index (χ1v) is 6.13. The summed E-state index contributed by atoms with van der Waals surface area (Å²) in [6.45, 7) is -0.815. The van der Waals surface area contributed by atoms with Gasteiger partial charge in [0.25, 0.3) is 5.56 Å². The molecule has 0 unspecified atom stereocenters. The zero-order valence-corrected chi connectivity index (χ0v) is 10.6. The number of anilines is 1. The number of hydrogen-bond acceptors (Lipinski definition) is 3. The van der Waals surface area contributed by atoms with Gasteiger partial charge >= 0.3 is 0 Å². The SMILES string of the molecule is Nc1ccc2nc(CF)n(-c3ccccc3)c(=O)c2c1. The molecule has 3 aromatic rings. The van der Waals surface area contributed by atoms with Crippen LogP contribution in [0.15, 0.2) is 53.3 Å². The number of para-hydroxylation sites is 1. The largest absolute Gasteiger partial charge is 0.399 e. The van der Waals surface area contributed by atoms with Crippen molar-refractivity contribution in [1.82, 2.24) is 9.55 Å². The monoisotopic (exact) mass is 269 g/mol. The number of benzene rings is 2. The Hall–Kier alpha value is -2.69. The summed E-state index contributed by atoms with van der Waals surface area (Å²) in [7, 11) is 0. The second kappa shape index (κ2) is 4.77. The number of nitrogen functional groups attached to an aromatic ring is 1. The Morgan fingerprint density at radius 2 is 1.90 bits per heavy atom. The summed E-state index contributed by atoms with van der Waals surface area (Å²) in [5.74, 6) is 0.0819. The molecule has 0 fully saturated rings. The van der Waals surface area contributed by atoms with Gasteiger partial charge in [0.1, 0.15) is 12.5 Å². The van der Waals surface area contributed by atoms with Gasteiger partial charge in [0, 0.05) is 5.69 Å². The lowest BCUT2D eigenvalue weighted by molar-refractivity contribution is 0.457. The fourth-order valence-corrected chi connectivity index (χ4v) is 2.18. The second-order valence-electron chi connectivity index (χ2n) is 4.41. The van der Waals surface area contributed by atoms with E-state index >= 15 is 0 Å². The number of fused-ring (bicyclic) bond motifs is 1. The molecule has 20 heavy (non-hydrogen) atoms. The van der Waals surface area contributed by atoms with E-state index in [-0.39, 0.29) is 11.4 Å². The summed E-state index contributed by atoms with van der Waals surface area (Å²) >= 11 is 0. The normalized spacial score (nSPS) is 10.8. The second-order valence-corrected chi connectivity index (χ2v) is 4.41. The van der Waals surface area contributed by atoms with Crippen molar-refractivity contribution in [3.8, 4) is 5.69 Å². The van der Waals surface area contributed by atoms with Gasteiger partial charge in [-0.25, -0.2) is 9.37 Å². The number of hydrogen-bond donors (Lipinski definition) is 1. The highest BCUT2D eigenvalue weighted by Crippen LogP contribution is 2.16. The van der Waals surface area contributed by atoms with Crippen LogP contribution in [0, 0.1) is 0 Å². The third-order valence-electron chi connectivity index (χ3n) is 3.10.